The van der Waals surface area contributed by atoms with Crippen molar-refractivity contribution in [2.24, 2.45) is 0 Å². The van der Waals surface area contributed by atoms with Crippen molar-refractivity contribution >= 4 is 17.3 Å². The third kappa shape index (κ3) is 6.00. The van der Waals surface area contributed by atoms with Crippen molar-refractivity contribution in [1.82, 2.24) is 0 Å². The van der Waals surface area contributed by atoms with Crippen LogP contribution in [0.15, 0.2) is 41.8 Å². The number of rotatable bonds is 9. The Bertz CT molecular complexity index is 1130. The van der Waals surface area contributed by atoms with E-state index in [1.165, 1.54) is 0 Å². The van der Waals surface area contributed by atoms with Crippen LogP contribution in [-0.4, -0.2) is 12.6 Å². The van der Waals surface area contributed by atoms with Crippen molar-refractivity contribution in [3.05, 3.63) is 74.5 Å². The van der Waals surface area contributed by atoms with Gasteiger partial charge in [-0.2, -0.15) is 13.2 Å². The molecule has 0 bridgehead atoms. The third-order valence-corrected chi connectivity index (χ3v) is 7.02. The number of halogens is 3. The summed E-state index contributed by atoms with van der Waals surface area (Å²) in [6.45, 7) is 7.76. The molecule has 7 heteroatoms. The monoisotopic (exact) mass is 490 g/mol. The molecule has 182 valence electrons. The van der Waals surface area contributed by atoms with Gasteiger partial charge < -0.3 is 9.47 Å². The molecule has 0 amide bonds. The first-order valence-corrected chi connectivity index (χ1v) is 12.2. The summed E-state index contributed by atoms with van der Waals surface area (Å²) in [6, 6.07) is 11.2. The summed E-state index contributed by atoms with van der Waals surface area (Å²) in [5.74, 6) is 0.278. The second kappa shape index (κ2) is 11.1. The highest BCUT2D eigenvalue weighted by Gasteiger charge is 2.36. The highest BCUT2D eigenvalue weighted by Crippen LogP contribution is 2.42. The van der Waals surface area contributed by atoms with Gasteiger partial charge in [0.25, 0.3) is 0 Å². The van der Waals surface area contributed by atoms with E-state index in [1.807, 2.05) is 51.1 Å². The van der Waals surface area contributed by atoms with E-state index in [1.54, 1.807) is 18.4 Å². The zero-order valence-corrected chi connectivity index (χ0v) is 20.7. The summed E-state index contributed by atoms with van der Waals surface area (Å²) >= 11 is 0.697. The summed E-state index contributed by atoms with van der Waals surface area (Å²) in [6.07, 6.45) is -2.78. The number of benzene rings is 2. The van der Waals surface area contributed by atoms with E-state index in [2.05, 4.69) is 0 Å². The van der Waals surface area contributed by atoms with Gasteiger partial charge in [0, 0.05) is 12.0 Å². The number of hydrogen-bond acceptors (Lipinski definition) is 4. The van der Waals surface area contributed by atoms with E-state index in [-0.39, 0.29) is 24.6 Å². The molecule has 0 spiro atoms. The van der Waals surface area contributed by atoms with E-state index >= 15 is 0 Å². The maximum absolute atomic E-state index is 13.7. The highest BCUT2D eigenvalue weighted by atomic mass is 32.1. The molecule has 0 saturated carbocycles. The Morgan fingerprint density at radius 2 is 1.71 bits per heavy atom. The maximum Gasteiger partial charge on any atom is 0.426 e. The molecule has 0 radical (unpaired) electrons. The van der Waals surface area contributed by atoms with Crippen LogP contribution in [0.25, 0.3) is 11.1 Å². The minimum atomic E-state index is -4.45. The Balaban J connectivity index is 1.84. The molecule has 0 atom stereocenters. The Hall–Kier alpha value is -2.80. The Labute approximate surface area is 202 Å². The lowest BCUT2D eigenvalue weighted by molar-refractivity contribution is -0.143. The van der Waals surface area contributed by atoms with E-state index in [0.717, 1.165) is 34.2 Å². The molecule has 1 heterocycles. The molecular weight excluding hydrogens is 461 g/mol. The van der Waals surface area contributed by atoms with Crippen LogP contribution in [-0.2, 0) is 35.2 Å². The fourth-order valence-corrected chi connectivity index (χ4v) is 4.78. The van der Waals surface area contributed by atoms with E-state index in [0.29, 0.717) is 35.7 Å². The lowest BCUT2D eigenvalue weighted by Gasteiger charge is -2.16. The average molecular weight is 491 g/mol. The molecule has 0 fully saturated rings. The van der Waals surface area contributed by atoms with Crippen molar-refractivity contribution in [3.63, 3.8) is 0 Å². The van der Waals surface area contributed by atoms with E-state index in [4.69, 9.17) is 9.47 Å². The summed E-state index contributed by atoms with van der Waals surface area (Å²) < 4.78 is 52.1. The molecule has 1 aromatic heterocycles. The molecule has 0 aliphatic rings. The molecule has 0 N–H and O–H groups in total. The van der Waals surface area contributed by atoms with Crippen LogP contribution in [0.4, 0.5) is 13.2 Å². The number of carbonyl (C=O) groups excluding carboxylic acids is 1. The van der Waals surface area contributed by atoms with Crippen LogP contribution >= 0.6 is 11.3 Å². The quantitative estimate of drug-likeness (QED) is 0.289. The van der Waals surface area contributed by atoms with Gasteiger partial charge in [-0.15, -0.1) is 11.3 Å². The molecule has 34 heavy (non-hydrogen) atoms. The number of aryl methyl sites for hydroxylation is 2. The van der Waals surface area contributed by atoms with Crippen LogP contribution < -0.4 is 4.74 Å². The largest absolute Gasteiger partial charge is 0.489 e. The lowest BCUT2D eigenvalue weighted by Crippen LogP contribution is -2.09. The normalized spacial score (nSPS) is 11.5. The van der Waals surface area contributed by atoms with Gasteiger partial charge in [0.1, 0.15) is 17.2 Å². The number of hydrogen-bond donors (Lipinski definition) is 0. The van der Waals surface area contributed by atoms with Gasteiger partial charge in [-0.05, 0) is 78.4 Å². The zero-order valence-electron chi connectivity index (χ0n) is 19.8. The fourth-order valence-electron chi connectivity index (χ4n) is 3.82. The van der Waals surface area contributed by atoms with Gasteiger partial charge in [-0.1, -0.05) is 37.3 Å². The third-order valence-electron chi connectivity index (χ3n) is 5.95. The Morgan fingerprint density at radius 1 is 1.00 bits per heavy atom. The maximum atomic E-state index is 13.7. The van der Waals surface area contributed by atoms with Gasteiger partial charge in [-0.25, -0.2) is 0 Å². The molecule has 0 unspecified atom stereocenters. The smallest absolute Gasteiger partial charge is 0.426 e. The number of thiophene rings is 1. The number of ether oxygens (including phenoxy) is 2. The molecule has 2 aromatic carbocycles. The van der Waals surface area contributed by atoms with E-state index < -0.39 is 11.1 Å². The van der Waals surface area contributed by atoms with Crippen LogP contribution in [0.5, 0.6) is 5.75 Å². The predicted molar refractivity (Wildman–Crippen MR) is 129 cm³/mol. The van der Waals surface area contributed by atoms with Gasteiger partial charge >= 0.3 is 12.1 Å². The van der Waals surface area contributed by atoms with Crippen LogP contribution in [0.1, 0.15) is 53.0 Å². The van der Waals surface area contributed by atoms with Crippen LogP contribution in [0.3, 0.4) is 0 Å². The molecule has 3 aromatic rings. The molecule has 0 saturated heterocycles. The fraction of sp³-hybridized carbons (Fsp3) is 0.370. The summed E-state index contributed by atoms with van der Waals surface area (Å²) in [5.41, 5.74) is 5.34. The topological polar surface area (TPSA) is 35.5 Å². The Kier molecular flexibility index (Phi) is 8.42. The molecule has 3 nitrogen and oxygen atoms in total. The van der Waals surface area contributed by atoms with E-state index in [9.17, 15) is 18.0 Å². The minimum absolute atomic E-state index is 0.144. The first-order chi connectivity index (χ1) is 16.2. The van der Waals surface area contributed by atoms with Gasteiger partial charge in [0.15, 0.2) is 0 Å². The zero-order chi connectivity index (χ0) is 24.9. The van der Waals surface area contributed by atoms with Crippen LogP contribution in [0, 0.1) is 13.8 Å². The summed E-state index contributed by atoms with van der Waals surface area (Å²) in [5, 5.41) is 1.55. The molecule has 0 aliphatic carbocycles. The number of carbonyl (C=O) groups is 1. The first kappa shape index (κ1) is 25.8. The SMILES string of the molecule is CCOC(=O)CCc1ccc(OCc2c(-c3ccc(CC)cc3)csc2C(F)(F)F)c(C)c1C. The second-order valence-electron chi connectivity index (χ2n) is 8.07. The summed E-state index contributed by atoms with van der Waals surface area (Å²) in [4.78, 5) is 11.0. The van der Waals surface area contributed by atoms with Crippen molar-refractivity contribution in [2.75, 3.05) is 6.61 Å². The molecule has 3 rings (SSSR count). The molecular formula is C27H29F3O3S. The van der Waals surface area contributed by atoms with Crippen molar-refractivity contribution < 1.29 is 27.4 Å². The van der Waals surface area contributed by atoms with Crippen LogP contribution in [0.2, 0.25) is 0 Å². The van der Waals surface area contributed by atoms with Gasteiger partial charge in [-0.3, -0.25) is 4.79 Å². The van der Waals surface area contributed by atoms with Crippen molar-refractivity contribution in [2.45, 2.75) is 59.7 Å². The molecule has 0 aliphatic heterocycles. The minimum Gasteiger partial charge on any atom is -0.489 e. The van der Waals surface area contributed by atoms with Crippen molar-refractivity contribution in [1.29, 1.82) is 0 Å². The lowest BCUT2D eigenvalue weighted by atomic mass is 9.98. The first-order valence-electron chi connectivity index (χ1n) is 11.3. The highest BCUT2D eigenvalue weighted by molar-refractivity contribution is 7.10. The van der Waals surface area contributed by atoms with Gasteiger partial charge in [0.2, 0.25) is 0 Å². The summed E-state index contributed by atoms with van der Waals surface area (Å²) in [7, 11) is 0. The standard InChI is InChI=1S/C27H29F3O3S/c1-5-19-7-9-21(10-8-19)23-16-34-26(27(28,29)30)22(23)15-33-24-13-11-20(17(3)18(24)4)12-14-25(31)32-6-2/h7-11,13,16H,5-6,12,14-15H2,1-4H3. The second-order valence-corrected chi connectivity index (χ2v) is 8.95. The Morgan fingerprint density at radius 3 is 2.32 bits per heavy atom. The average Bonchev–Trinajstić information content (AvgIpc) is 3.24. The number of alkyl halides is 3. The van der Waals surface area contributed by atoms with Crippen molar-refractivity contribution in [3.8, 4) is 16.9 Å². The van der Waals surface area contributed by atoms with Gasteiger partial charge in [0.05, 0.1) is 6.61 Å². The number of esters is 1. The predicted octanol–water partition coefficient (Wildman–Crippen LogP) is 7.69.